The van der Waals surface area contributed by atoms with Gasteiger partial charge in [-0.15, -0.1) is 11.3 Å². The van der Waals surface area contributed by atoms with Gasteiger partial charge in [0.15, 0.2) is 6.67 Å². The zero-order valence-corrected chi connectivity index (χ0v) is 8.86. The minimum absolute atomic E-state index is 0.0972. The van der Waals surface area contributed by atoms with Crippen molar-refractivity contribution in [2.75, 3.05) is 6.67 Å². The summed E-state index contributed by atoms with van der Waals surface area (Å²) < 4.78 is 12.7. The number of benzene rings is 1. The first-order chi connectivity index (χ1) is 7.20. The van der Waals surface area contributed by atoms with E-state index in [1.54, 1.807) is 0 Å². The number of hydrogen-bond acceptors (Lipinski definition) is 3. The van der Waals surface area contributed by atoms with E-state index in [1.807, 2.05) is 13.0 Å². The molecule has 0 saturated carbocycles. The maximum atomic E-state index is 11.9. The number of nitrogens with zero attached hydrogens (tertiary/aromatic N) is 1. The fourth-order valence-corrected chi connectivity index (χ4v) is 2.22. The summed E-state index contributed by atoms with van der Waals surface area (Å²) in [6.07, 6.45) is 0. The molecule has 0 fully saturated rings. The van der Waals surface area contributed by atoms with Crippen LogP contribution in [-0.2, 0) is 0 Å². The number of rotatable bonds is 0. The predicted molar refractivity (Wildman–Crippen MR) is 58.9 cm³/mol. The number of phenolic OH excluding ortho intramolecular Hbond substituents is 1. The summed E-state index contributed by atoms with van der Waals surface area (Å²) in [5, 5.41) is 10.5. The van der Waals surface area contributed by atoms with E-state index in [4.69, 9.17) is 0 Å². The van der Waals surface area contributed by atoms with Gasteiger partial charge in [0.05, 0.1) is 9.71 Å². The fourth-order valence-electron chi connectivity index (χ4n) is 1.33. The molecule has 76 valence electrons. The zero-order chi connectivity index (χ0) is 10.8. The van der Waals surface area contributed by atoms with Crippen molar-refractivity contribution in [3.8, 4) is 17.6 Å². The average molecular weight is 221 g/mol. The molecular weight excluding hydrogens is 213 g/mol. The van der Waals surface area contributed by atoms with Crippen molar-refractivity contribution >= 4 is 21.6 Å². The van der Waals surface area contributed by atoms with E-state index < -0.39 is 6.67 Å². The van der Waals surface area contributed by atoms with Gasteiger partial charge in [0, 0.05) is 5.56 Å². The molecule has 0 atom stereocenters. The fraction of sp³-hybridized carbons (Fsp3) is 0.182. The molecule has 0 aliphatic rings. The van der Waals surface area contributed by atoms with Gasteiger partial charge in [0.25, 0.3) is 0 Å². The molecule has 1 N–H and O–H groups in total. The predicted octanol–water partition coefficient (Wildman–Crippen LogP) is 2.63. The van der Waals surface area contributed by atoms with Gasteiger partial charge in [-0.3, -0.25) is 0 Å². The third-order valence-electron chi connectivity index (χ3n) is 1.88. The van der Waals surface area contributed by atoms with Crippen LogP contribution in [0, 0.1) is 18.8 Å². The monoisotopic (exact) mass is 221 g/mol. The van der Waals surface area contributed by atoms with Crippen LogP contribution in [0.1, 0.15) is 10.6 Å². The Morgan fingerprint density at radius 1 is 1.53 bits per heavy atom. The summed E-state index contributed by atoms with van der Waals surface area (Å²) in [6.45, 7) is 1.19. The highest BCUT2D eigenvalue weighted by molar-refractivity contribution is 7.18. The molecule has 4 heteroatoms. The number of aryl methyl sites for hydroxylation is 1. The van der Waals surface area contributed by atoms with Crippen molar-refractivity contribution < 1.29 is 9.50 Å². The van der Waals surface area contributed by atoms with Crippen LogP contribution in [0.5, 0.6) is 5.75 Å². The molecule has 0 radical (unpaired) electrons. The number of aromatic nitrogens is 1. The Morgan fingerprint density at radius 2 is 2.33 bits per heavy atom. The highest BCUT2D eigenvalue weighted by Crippen LogP contribution is 2.29. The van der Waals surface area contributed by atoms with E-state index in [1.165, 1.54) is 17.4 Å². The standard InChI is InChI=1S/C11H8FNOS/c1-7-13-11-9(14)5-8(3-2-4-12)6-10(11)15-7/h5-6,14H,4H2,1H3. The molecule has 0 amide bonds. The number of aromatic hydroxyl groups is 1. The SMILES string of the molecule is Cc1nc2c(O)cc(C#CCF)cc2s1. The van der Waals surface area contributed by atoms with Crippen molar-refractivity contribution in [3.63, 3.8) is 0 Å². The topological polar surface area (TPSA) is 33.1 Å². The van der Waals surface area contributed by atoms with Crippen molar-refractivity contribution in [3.05, 3.63) is 22.7 Å². The Morgan fingerprint density at radius 3 is 3.07 bits per heavy atom. The Labute approximate surface area is 90.4 Å². The summed E-state index contributed by atoms with van der Waals surface area (Å²) in [6, 6.07) is 3.31. The van der Waals surface area contributed by atoms with Crippen molar-refractivity contribution in [2.24, 2.45) is 0 Å². The lowest BCUT2D eigenvalue weighted by Gasteiger charge is -1.94. The Kier molecular flexibility index (Phi) is 2.57. The average Bonchev–Trinajstić information content (AvgIpc) is 2.56. The van der Waals surface area contributed by atoms with Crippen LogP contribution < -0.4 is 0 Å². The molecule has 0 unspecified atom stereocenters. The van der Waals surface area contributed by atoms with Crippen LogP contribution in [-0.4, -0.2) is 16.8 Å². The first-order valence-electron chi connectivity index (χ1n) is 4.35. The third kappa shape index (κ3) is 1.92. The Bertz CT molecular complexity index is 565. The highest BCUT2D eigenvalue weighted by Gasteiger charge is 2.06. The molecule has 0 aliphatic carbocycles. The minimum atomic E-state index is -0.680. The van der Waals surface area contributed by atoms with Gasteiger partial charge < -0.3 is 5.11 Å². The number of alkyl halides is 1. The number of hydrogen-bond donors (Lipinski definition) is 1. The zero-order valence-electron chi connectivity index (χ0n) is 8.04. The molecular formula is C11H8FNOS. The molecule has 1 heterocycles. The van der Waals surface area contributed by atoms with Gasteiger partial charge >= 0.3 is 0 Å². The summed E-state index contributed by atoms with van der Waals surface area (Å²) in [4.78, 5) is 4.18. The molecule has 0 bridgehead atoms. The van der Waals surface area contributed by atoms with Crippen molar-refractivity contribution in [1.82, 2.24) is 4.98 Å². The van der Waals surface area contributed by atoms with Crippen LogP contribution in [0.2, 0.25) is 0 Å². The second-order valence-electron chi connectivity index (χ2n) is 3.01. The lowest BCUT2D eigenvalue weighted by molar-refractivity contribution is 0.480. The van der Waals surface area contributed by atoms with Gasteiger partial charge in [-0.2, -0.15) is 0 Å². The first kappa shape index (κ1) is 9.94. The quantitative estimate of drug-likeness (QED) is 0.694. The van der Waals surface area contributed by atoms with Crippen molar-refractivity contribution in [1.29, 1.82) is 0 Å². The highest BCUT2D eigenvalue weighted by atomic mass is 32.1. The van der Waals surface area contributed by atoms with Crippen LogP contribution in [0.3, 0.4) is 0 Å². The summed E-state index contributed by atoms with van der Waals surface area (Å²) in [5.41, 5.74) is 1.20. The number of thiazole rings is 1. The number of halogens is 1. The third-order valence-corrected chi connectivity index (χ3v) is 2.80. The normalized spacial score (nSPS) is 10.0. The molecule has 0 spiro atoms. The van der Waals surface area contributed by atoms with E-state index in [0.29, 0.717) is 11.1 Å². The summed E-state index contributed by atoms with van der Waals surface area (Å²) >= 11 is 1.48. The molecule has 2 rings (SSSR count). The Hall–Kier alpha value is -1.60. The summed E-state index contributed by atoms with van der Waals surface area (Å²) in [7, 11) is 0. The summed E-state index contributed by atoms with van der Waals surface area (Å²) in [5.74, 6) is 5.05. The number of fused-ring (bicyclic) bond motifs is 1. The molecule has 0 saturated heterocycles. The second-order valence-corrected chi connectivity index (χ2v) is 4.25. The minimum Gasteiger partial charge on any atom is -0.506 e. The molecule has 15 heavy (non-hydrogen) atoms. The molecule has 2 aromatic rings. The van der Waals surface area contributed by atoms with E-state index in [9.17, 15) is 9.50 Å². The Balaban J connectivity index is 2.61. The maximum Gasteiger partial charge on any atom is 0.150 e. The molecule has 1 aromatic carbocycles. The van der Waals surface area contributed by atoms with Crippen LogP contribution >= 0.6 is 11.3 Å². The molecule has 1 aromatic heterocycles. The molecule has 0 aliphatic heterocycles. The van der Waals surface area contributed by atoms with E-state index in [2.05, 4.69) is 16.8 Å². The van der Waals surface area contributed by atoms with Gasteiger partial charge in [-0.05, 0) is 19.1 Å². The van der Waals surface area contributed by atoms with Crippen LogP contribution in [0.4, 0.5) is 4.39 Å². The van der Waals surface area contributed by atoms with Crippen molar-refractivity contribution in [2.45, 2.75) is 6.92 Å². The van der Waals surface area contributed by atoms with E-state index >= 15 is 0 Å². The lowest BCUT2D eigenvalue weighted by atomic mass is 10.2. The lowest BCUT2D eigenvalue weighted by Crippen LogP contribution is -1.77. The molecule has 2 nitrogen and oxygen atoms in total. The smallest absolute Gasteiger partial charge is 0.150 e. The van der Waals surface area contributed by atoms with Crippen LogP contribution in [0.25, 0.3) is 10.2 Å². The second kappa shape index (κ2) is 3.87. The largest absolute Gasteiger partial charge is 0.506 e. The van der Waals surface area contributed by atoms with Gasteiger partial charge in [0.2, 0.25) is 0 Å². The van der Waals surface area contributed by atoms with Crippen LogP contribution in [0.15, 0.2) is 12.1 Å². The number of phenols is 1. The van der Waals surface area contributed by atoms with Gasteiger partial charge in [0.1, 0.15) is 11.3 Å². The first-order valence-corrected chi connectivity index (χ1v) is 5.17. The van der Waals surface area contributed by atoms with Gasteiger partial charge in [-0.25, -0.2) is 9.37 Å². The van der Waals surface area contributed by atoms with E-state index in [0.717, 1.165) is 9.71 Å². The van der Waals surface area contributed by atoms with E-state index in [-0.39, 0.29) is 5.75 Å². The maximum absolute atomic E-state index is 11.9. The van der Waals surface area contributed by atoms with Gasteiger partial charge in [-0.1, -0.05) is 11.8 Å².